The van der Waals surface area contributed by atoms with Crippen LogP contribution in [0, 0.1) is 0 Å². The van der Waals surface area contributed by atoms with Crippen LogP contribution in [-0.4, -0.2) is 28.8 Å². The standard InChI is InChI=1S/C8H13NO4S/c1-5-12-8(10)7(6(2)3)9-13-14(4)11/h2,5H2,1,3-4H3/b9-7-. The van der Waals surface area contributed by atoms with Gasteiger partial charge in [0.1, 0.15) is 0 Å². The van der Waals surface area contributed by atoms with Crippen molar-refractivity contribution in [2.45, 2.75) is 13.8 Å². The summed E-state index contributed by atoms with van der Waals surface area (Å²) in [5.41, 5.74) is 0.343. The predicted octanol–water partition coefficient (Wildman–Crippen LogP) is 0.792. The first kappa shape index (κ1) is 12.8. The van der Waals surface area contributed by atoms with Crippen molar-refractivity contribution in [2.24, 2.45) is 5.16 Å². The summed E-state index contributed by atoms with van der Waals surface area (Å²) in [7, 11) is 0. The van der Waals surface area contributed by atoms with E-state index < -0.39 is 17.0 Å². The van der Waals surface area contributed by atoms with Crippen molar-refractivity contribution in [1.82, 2.24) is 0 Å². The Bertz CT molecular complexity index is 285. The number of carbonyl (C=O) groups excluding carboxylic acids is 1. The Morgan fingerprint density at radius 3 is 2.50 bits per heavy atom. The van der Waals surface area contributed by atoms with Gasteiger partial charge in [-0.15, -0.1) is 0 Å². The zero-order valence-corrected chi connectivity index (χ0v) is 9.22. The second-order valence-electron chi connectivity index (χ2n) is 2.42. The van der Waals surface area contributed by atoms with Crippen molar-refractivity contribution in [3.05, 3.63) is 12.2 Å². The molecular weight excluding hydrogens is 206 g/mol. The fourth-order valence-electron chi connectivity index (χ4n) is 0.579. The van der Waals surface area contributed by atoms with Crippen LogP contribution in [0.15, 0.2) is 17.3 Å². The number of carbonyl (C=O) groups is 1. The van der Waals surface area contributed by atoms with Crippen LogP contribution in [0.1, 0.15) is 13.8 Å². The summed E-state index contributed by atoms with van der Waals surface area (Å²) in [5, 5.41) is 3.38. The van der Waals surface area contributed by atoms with E-state index in [-0.39, 0.29) is 12.3 Å². The van der Waals surface area contributed by atoms with Crippen LogP contribution in [0.3, 0.4) is 0 Å². The minimum Gasteiger partial charge on any atom is -0.461 e. The van der Waals surface area contributed by atoms with Crippen molar-refractivity contribution >= 4 is 22.8 Å². The van der Waals surface area contributed by atoms with E-state index in [1.807, 2.05) is 0 Å². The van der Waals surface area contributed by atoms with Gasteiger partial charge in [0.2, 0.25) is 11.1 Å². The van der Waals surface area contributed by atoms with Gasteiger partial charge in [0.05, 0.1) is 12.9 Å². The highest BCUT2D eigenvalue weighted by Gasteiger charge is 2.14. The summed E-state index contributed by atoms with van der Waals surface area (Å²) in [6, 6.07) is 0. The fourth-order valence-corrected chi connectivity index (χ4v) is 0.758. The maximum absolute atomic E-state index is 11.2. The Balaban J connectivity index is 4.59. The molecule has 0 aliphatic rings. The molecule has 14 heavy (non-hydrogen) atoms. The molecule has 0 aromatic carbocycles. The predicted molar refractivity (Wildman–Crippen MR) is 54.0 cm³/mol. The van der Waals surface area contributed by atoms with Gasteiger partial charge in [0.15, 0.2) is 5.71 Å². The van der Waals surface area contributed by atoms with E-state index in [0.29, 0.717) is 5.57 Å². The third kappa shape index (κ3) is 4.76. The van der Waals surface area contributed by atoms with Crippen LogP contribution >= 0.6 is 0 Å². The van der Waals surface area contributed by atoms with Gasteiger partial charge < -0.3 is 4.74 Å². The molecule has 0 rings (SSSR count). The fraction of sp³-hybridized carbons (Fsp3) is 0.500. The van der Waals surface area contributed by atoms with Gasteiger partial charge >= 0.3 is 5.97 Å². The lowest BCUT2D eigenvalue weighted by molar-refractivity contribution is -0.135. The van der Waals surface area contributed by atoms with E-state index in [1.165, 1.54) is 6.26 Å². The maximum atomic E-state index is 11.2. The van der Waals surface area contributed by atoms with Gasteiger partial charge in [-0.05, 0) is 19.4 Å². The molecular formula is C8H13NO4S. The molecule has 1 unspecified atom stereocenters. The number of hydrogen-bond acceptors (Lipinski definition) is 5. The molecule has 0 spiro atoms. The molecule has 0 aromatic heterocycles. The lowest BCUT2D eigenvalue weighted by Crippen LogP contribution is -2.18. The van der Waals surface area contributed by atoms with E-state index in [4.69, 9.17) is 0 Å². The minimum atomic E-state index is -1.56. The van der Waals surface area contributed by atoms with E-state index >= 15 is 0 Å². The molecule has 0 aliphatic carbocycles. The van der Waals surface area contributed by atoms with E-state index in [0.717, 1.165) is 0 Å². The molecule has 6 heteroatoms. The molecule has 0 heterocycles. The third-order valence-electron chi connectivity index (χ3n) is 1.11. The summed E-state index contributed by atoms with van der Waals surface area (Å²) < 4.78 is 19.7. The Morgan fingerprint density at radius 2 is 2.14 bits per heavy atom. The molecule has 0 saturated heterocycles. The molecule has 0 bridgehead atoms. The molecule has 5 nitrogen and oxygen atoms in total. The van der Waals surface area contributed by atoms with Gasteiger partial charge in [-0.1, -0.05) is 11.7 Å². The number of nitrogens with zero attached hydrogens (tertiary/aromatic N) is 1. The number of esters is 1. The Labute approximate surface area is 85.4 Å². The molecule has 0 radical (unpaired) electrons. The molecule has 0 amide bonds. The van der Waals surface area contributed by atoms with Gasteiger partial charge in [-0.2, -0.15) is 0 Å². The lowest BCUT2D eigenvalue weighted by Gasteiger charge is -2.03. The van der Waals surface area contributed by atoms with Crippen LogP contribution in [0.25, 0.3) is 0 Å². The number of oxime groups is 1. The highest BCUT2D eigenvalue weighted by Crippen LogP contribution is 1.98. The molecule has 1 atom stereocenters. The maximum Gasteiger partial charge on any atom is 0.360 e. The first-order valence-corrected chi connectivity index (χ1v) is 5.39. The molecule has 0 aromatic rings. The van der Waals surface area contributed by atoms with Crippen molar-refractivity contribution in [3.63, 3.8) is 0 Å². The Hall–Kier alpha value is -1.17. The summed E-state index contributed by atoms with van der Waals surface area (Å²) in [5.74, 6) is -0.634. The third-order valence-corrected chi connectivity index (χ3v) is 1.39. The second kappa shape index (κ2) is 6.31. The summed E-state index contributed by atoms with van der Waals surface area (Å²) in [4.78, 5) is 11.2. The van der Waals surface area contributed by atoms with Gasteiger partial charge in [0, 0.05) is 0 Å². The van der Waals surface area contributed by atoms with Crippen molar-refractivity contribution < 1.29 is 18.0 Å². The number of ether oxygens (including phenoxy) is 1. The first-order chi connectivity index (χ1) is 6.49. The minimum absolute atomic E-state index is 0.0537. The van der Waals surface area contributed by atoms with Gasteiger partial charge in [-0.3, -0.25) is 4.28 Å². The quantitative estimate of drug-likeness (QED) is 0.389. The highest BCUT2D eigenvalue weighted by atomic mass is 32.2. The summed E-state index contributed by atoms with van der Waals surface area (Å²) in [6.45, 7) is 7.02. The SMILES string of the molecule is C=C(C)/C(=N/OS(C)=O)C(=O)OCC. The van der Waals surface area contributed by atoms with Crippen molar-refractivity contribution in [1.29, 1.82) is 0 Å². The normalized spacial score (nSPS) is 13.2. The number of rotatable bonds is 5. The zero-order valence-electron chi connectivity index (χ0n) is 8.40. The monoisotopic (exact) mass is 219 g/mol. The van der Waals surface area contributed by atoms with E-state index in [2.05, 4.69) is 20.8 Å². The van der Waals surface area contributed by atoms with Crippen molar-refractivity contribution in [3.8, 4) is 0 Å². The lowest BCUT2D eigenvalue weighted by atomic mass is 10.2. The Morgan fingerprint density at radius 1 is 1.57 bits per heavy atom. The topological polar surface area (TPSA) is 65.0 Å². The van der Waals surface area contributed by atoms with Crippen molar-refractivity contribution in [2.75, 3.05) is 12.9 Å². The summed E-state index contributed by atoms with van der Waals surface area (Å²) in [6.07, 6.45) is 1.30. The molecule has 0 saturated carbocycles. The summed E-state index contributed by atoms with van der Waals surface area (Å²) >= 11 is -1.56. The zero-order chi connectivity index (χ0) is 11.1. The van der Waals surface area contributed by atoms with E-state index in [1.54, 1.807) is 13.8 Å². The first-order valence-electron chi connectivity index (χ1n) is 3.91. The van der Waals surface area contributed by atoms with Crippen LogP contribution in [0.5, 0.6) is 0 Å². The van der Waals surface area contributed by atoms with Gasteiger partial charge in [0.25, 0.3) is 0 Å². The largest absolute Gasteiger partial charge is 0.461 e. The molecule has 80 valence electrons. The van der Waals surface area contributed by atoms with Crippen LogP contribution in [0.4, 0.5) is 0 Å². The van der Waals surface area contributed by atoms with Crippen LogP contribution in [-0.2, 0) is 24.9 Å². The molecule has 0 N–H and O–H groups in total. The van der Waals surface area contributed by atoms with Gasteiger partial charge in [-0.25, -0.2) is 9.00 Å². The Kier molecular flexibility index (Phi) is 5.78. The molecule has 0 aliphatic heterocycles. The average molecular weight is 219 g/mol. The van der Waals surface area contributed by atoms with E-state index in [9.17, 15) is 9.00 Å². The highest BCUT2D eigenvalue weighted by molar-refractivity contribution is 7.79. The average Bonchev–Trinajstić information content (AvgIpc) is 2.03. The smallest absolute Gasteiger partial charge is 0.360 e. The second-order valence-corrected chi connectivity index (χ2v) is 3.37. The van der Waals surface area contributed by atoms with Crippen LogP contribution in [0.2, 0.25) is 0 Å². The number of hydrogen-bond donors (Lipinski definition) is 0. The van der Waals surface area contributed by atoms with Crippen LogP contribution < -0.4 is 0 Å². The molecule has 0 fully saturated rings.